The molecule has 7 nitrogen and oxygen atoms in total. The predicted octanol–water partition coefficient (Wildman–Crippen LogP) is 1.31. The van der Waals surface area contributed by atoms with Gasteiger partial charge in [-0.05, 0) is 31.2 Å². The second-order valence-electron chi connectivity index (χ2n) is 4.06. The summed E-state index contributed by atoms with van der Waals surface area (Å²) in [5.74, 6) is -1.55. The molecule has 0 fully saturated rings. The van der Waals surface area contributed by atoms with Gasteiger partial charge in [-0.25, -0.2) is 13.2 Å². The average Bonchev–Trinajstić information content (AvgIpc) is 2.42. The molecule has 0 radical (unpaired) electrons. The number of sulfonamides is 1. The Labute approximate surface area is 123 Å². The number of nitrogens with one attached hydrogen (secondary N) is 1. The quantitative estimate of drug-likeness (QED) is 0.724. The van der Waals surface area contributed by atoms with E-state index in [1.165, 1.54) is 0 Å². The lowest BCUT2D eigenvalue weighted by molar-refractivity contribution is -0.153. The lowest BCUT2D eigenvalue weighted by Gasteiger charge is -2.11. The van der Waals surface area contributed by atoms with Crippen LogP contribution in [0.15, 0.2) is 29.2 Å². The van der Waals surface area contributed by atoms with Crippen molar-refractivity contribution in [2.75, 3.05) is 6.61 Å². The monoisotopic (exact) mass is 343 g/mol. The maximum Gasteiger partial charge on any atom is 0.422 e. The number of carboxylic acids is 1. The summed E-state index contributed by atoms with van der Waals surface area (Å²) in [7, 11) is -4.16. The number of carbonyl (C=O) groups is 1. The summed E-state index contributed by atoms with van der Waals surface area (Å²) >= 11 is 0. The van der Waals surface area contributed by atoms with E-state index in [4.69, 9.17) is 5.11 Å². The fourth-order valence-electron chi connectivity index (χ4n) is 1.11. The van der Waals surface area contributed by atoms with E-state index < -0.39 is 34.9 Å². The zero-order valence-corrected chi connectivity index (χ0v) is 11.9. The second-order valence-corrected chi connectivity index (χ2v) is 5.71. The number of hydrogen-bond donors (Lipinski definition) is 2. The van der Waals surface area contributed by atoms with E-state index in [1.807, 2.05) is 0 Å². The van der Waals surface area contributed by atoms with Crippen LogP contribution in [0.2, 0.25) is 0 Å². The molecule has 2 N–H and O–H groups in total. The summed E-state index contributed by atoms with van der Waals surface area (Å²) in [6, 6.07) is 4.04. The maximum absolute atomic E-state index is 12.0. The highest BCUT2D eigenvalue weighted by molar-refractivity contribution is 7.89. The lowest BCUT2D eigenvalue weighted by atomic mass is 10.3. The molecule has 0 aliphatic heterocycles. The molecule has 0 amide bonds. The number of rotatable bonds is 7. The Morgan fingerprint density at radius 1 is 1.32 bits per heavy atom. The Bertz CT molecular complexity index is 614. The van der Waals surface area contributed by atoms with Crippen LogP contribution in [0.1, 0.15) is 6.92 Å². The van der Waals surface area contributed by atoms with Crippen molar-refractivity contribution in [3.63, 3.8) is 0 Å². The van der Waals surface area contributed by atoms with E-state index in [-0.39, 0.29) is 10.6 Å². The molecule has 0 aliphatic carbocycles. The molecule has 0 spiro atoms. The summed E-state index contributed by atoms with van der Waals surface area (Å²) in [5.41, 5.74) is 0. The highest BCUT2D eigenvalue weighted by Gasteiger charge is 2.28. The largest absolute Gasteiger partial charge is 0.484 e. The fraction of sp³-hybridized carbons (Fsp3) is 0.364. The topological polar surface area (TPSA) is 102 Å². The Kier molecular flexibility index (Phi) is 5.74. The molecule has 0 aromatic heterocycles. The van der Waals surface area contributed by atoms with E-state index in [2.05, 4.69) is 9.57 Å². The number of hydrogen-bond acceptors (Lipinski definition) is 5. The first-order valence-electron chi connectivity index (χ1n) is 5.71. The number of alkyl halides is 3. The van der Waals surface area contributed by atoms with Gasteiger partial charge in [0, 0.05) is 0 Å². The number of aliphatic carboxylic acids is 1. The van der Waals surface area contributed by atoms with Gasteiger partial charge in [-0.3, -0.25) is 4.84 Å². The van der Waals surface area contributed by atoms with Crippen molar-refractivity contribution in [2.45, 2.75) is 24.1 Å². The molecule has 1 atom stereocenters. The van der Waals surface area contributed by atoms with Gasteiger partial charge < -0.3 is 9.84 Å². The number of carboxylic acid groups (broad SMARTS) is 1. The first kappa shape index (κ1) is 18.2. The van der Waals surface area contributed by atoms with Gasteiger partial charge in [-0.15, -0.1) is 0 Å². The highest BCUT2D eigenvalue weighted by atomic mass is 32.2. The van der Waals surface area contributed by atoms with Crippen molar-refractivity contribution in [1.82, 2.24) is 4.89 Å². The molecule has 22 heavy (non-hydrogen) atoms. The van der Waals surface area contributed by atoms with Crippen LogP contribution in [0.5, 0.6) is 5.75 Å². The number of benzene rings is 1. The Hall–Kier alpha value is -1.85. The van der Waals surface area contributed by atoms with Crippen molar-refractivity contribution in [1.29, 1.82) is 0 Å². The SMILES string of the molecule is C[C@@H](ONS(=O)(=O)c1ccc(OCC(F)(F)F)cc1)C(=O)O. The predicted molar refractivity (Wildman–Crippen MR) is 66.5 cm³/mol. The van der Waals surface area contributed by atoms with Gasteiger partial charge in [0.25, 0.3) is 10.0 Å². The standard InChI is InChI=1S/C11H12F3NO6S/c1-7(10(16)17)21-15-22(18,19)9-4-2-8(3-5-9)20-6-11(12,13)14/h2-5,7,15H,6H2,1H3,(H,16,17)/t7-/m1/s1. The summed E-state index contributed by atoms with van der Waals surface area (Å²) < 4.78 is 63.8. The molecule has 0 bridgehead atoms. The number of halogens is 3. The third-order valence-corrected chi connectivity index (χ3v) is 3.43. The van der Waals surface area contributed by atoms with Crippen LogP contribution in [-0.4, -0.2) is 38.4 Å². The molecule has 0 heterocycles. The van der Waals surface area contributed by atoms with Gasteiger partial charge in [0.2, 0.25) is 0 Å². The zero-order valence-electron chi connectivity index (χ0n) is 11.1. The molecule has 0 unspecified atom stereocenters. The number of ether oxygens (including phenoxy) is 1. The summed E-state index contributed by atoms with van der Waals surface area (Å²) in [6.07, 6.45) is -5.92. The van der Waals surface area contributed by atoms with Gasteiger partial charge in [0.1, 0.15) is 5.75 Å². The van der Waals surface area contributed by atoms with Crippen molar-refractivity contribution in [3.05, 3.63) is 24.3 Å². The molecule has 124 valence electrons. The lowest BCUT2D eigenvalue weighted by Crippen LogP contribution is -2.32. The van der Waals surface area contributed by atoms with Crippen LogP contribution in [-0.2, 0) is 19.7 Å². The van der Waals surface area contributed by atoms with Crippen LogP contribution < -0.4 is 9.62 Å². The Morgan fingerprint density at radius 2 is 1.86 bits per heavy atom. The van der Waals surface area contributed by atoms with Crippen LogP contribution in [0.25, 0.3) is 0 Å². The summed E-state index contributed by atoms with van der Waals surface area (Å²) in [6.45, 7) is -0.393. The first-order chi connectivity index (χ1) is 10.0. The molecular weight excluding hydrogens is 331 g/mol. The maximum atomic E-state index is 12.0. The van der Waals surface area contributed by atoms with Gasteiger partial charge in [0.05, 0.1) is 4.90 Å². The van der Waals surface area contributed by atoms with Gasteiger partial charge in [-0.2, -0.15) is 13.2 Å². The van der Waals surface area contributed by atoms with E-state index >= 15 is 0 Å². The van der Waals surface area contributed by atoms with Crippen LogP contribution in [0, 0.1) is 0 Å². The molecule has 1 aromatic carbocycles. The van der Waals surface area contributed by atoms with E-state index in [1.54, 1.807) is 4.89 Å². The van der Waals surface area contributed by atoms with Crippen LogP contribution >= 0.6 is 0 Å². The molecule has 11 heteroatoms. The highest BCUT2D eigenvalue weighted by Crippen LogP contribution is 2.20. The van der Waals surface area contributed by atoms with E-state index in [0.717, 1.165) is 31.2 Å². The third-order valence-electron chi connectivity index (χ3n) is 2.22. The van der Waals surface area contributed by atoms with Crippen molar-refractivity contribution in [3.8, 4) is 5.75 Å². The average molecular weight is 343 g/mol. The summed E-state index contributed by atoms with van der Waals surface area (Å²) in [4.78, 5) is 16.2. The second kappa shape index (κ2) is 6.94. The molecule has 0 saturated carbocycles. The van der Waals surface area contributed by atoms with Gasteiger partial charge in [0.15, 0.2) is 12.7 Å². The zero-order chi connectivity index (χ0) is 17.0. The molecule has 1 aromatic rings. The van der Waals surface area contributed by atoms with Gasteiger partial charge >= 0.3 is 12.1 Å². The molecular formula is C11H12F3NO6S. The Balaban J connectivity index is 2.70. The van der Waals surface area contributed by atoms with Crippen LogP contribution in [0.4, 0.5) is 13.2 Å². The smallest absolute Gasteiger partial charge is 0.422 e. The summed E-state index contributed by atoms with van der Waals surface area (Å²) in [5, 5.41) is 8.54. The molecule has 0 saturated heterocycles. The minimum absolute atomic E-state index is 0.170. The molecule has 1 rings (SSSR count). The Morgan fingerprint density at radius 3 is 2.32 bits per heavy atom. The fourth-order valence-corrected chi connectivity index (χ4v) is 1.98. The third kappa shape index (κ3) is 5.87. The van der Waals surface area contributed by atoms with E-state index in [0.29, 0.717) is 0 Å². The van der Waals surface area contributed by atoms with Crippen molar-refractivity contribution in [2.24, 2.45) is 0 Å². The molecule has 0 aliphatic rings. The van der Waals surface area contributed by atoms with E-state index in [9.17, 15) is 26.4 Å². The normalized spacial score (nSPS) is 13.6. The first-order valence-corrected chi connectivity index (χ1v) is 7.19. The minimum Gasteiger partial charge on any atom is -0.484 e. The van der Waals surface area contributed by atoms with Crippen molar-refractivity contribution < 1.29 is 41.1 Å². The van der Waals surface area contributed by atoms with Gasteiger partial charge in [-0.1, -0.05) is 4.89 Å². The van der Waals surface area contributed by atoms with Crippen LogP contribution in [0.3, 0.4) is 0 Å². The minimum atomic E-state index is -4.51. The van der Waals surface area contributed by atoms with Crippen molar-refractivity contribution >= 4 is 16.0 Å².